The molecule has 0 atom stereocenters. The average Bonchev–Trinajstić information content (AvgIpc) is 2.88. The largest absolute Gasteiger partial charge is 0.469 e. The highest BCUT2D eigenvalue weighted by Gasteiger charge is 2.12. The molecule has 0 fully saturated rings. The number of hydrogen-bond acceptors (Lipinski definition) is 4. The number of ether oxygens (including phenoxy) is 1. The second-order valence-corrected chi connectivity index (χ2v) is 4.87. The van der Waals surface area contributed by atoms with Gasteiger partial charge >= 0.3 is 5.97 Å². The molecule has 0 saturated carbocycles. The first-order valence-corrected chi connectivity index (χ1v) is 6.83. The number of methoxy groups -OCH3 is 1. The highest BCUT2D eigenvalue weighted by Crippen LogP contribution is 2.06. The van der Waals surface area contributed by atoms with Crippen LogP contribution in [0.3, 0.4) is 0 Å². The number of nitrogens with zero attached hydrogens (tertiary/aromatic N) is 3. The van der Waals surface area contributed by atoms with Gasteiger partial charge in [0.05, 0.1) is 19.2 Å². The summed E-state index contributed by atoms with van der Waals surface area (Å²) in [6, 6.07) is 5.72. The van der Waals surface area contributed by atoms with Gasteiger partial charge in [0.15, 0.2) is 0 Å². The summed E-state index contributed by atoms with van der Waals surface area (Å²) >= 11 is 0. The zero-order valence-electron chi connectivity index (χ0n) is 12.3. The number of esters is 1. The topological polar surface area (TPSA) is 63.9 Å². The summed E-state index contributed by atoms with van der Waals surface area (Å²) in [5.74, 6) is -0.264. The minimum absolute atomic E-state index is 0.0109. The van der Waals surface area contributed by atoms with Crippen molar-refractivity contribution in [2.75, 3.05) is 20.7 Å². The van der Waals surface area contributed by atoms with Gasteiger partial charge in [-0.25, -0.2) is 4.98 Å². The lowest BCUT2D eigenvalue weighted by Gasteiger charge is -2.16. The zero-order valence-corrected chi connectivity index (χ0v) is 12.3. The molecule has 0 saturated heterocycles. The van der Waals surface area contributed by atoms with E-state index in [1.165, 1.54) is 7.11 Å². The quantitative estimate of drug-likeness (QED) is 0.752. The van der Waals surface area contributed by atoms with Crippen LogP contribution in [0, 0.1) is 0 Å². The van der Waals surface area contributed by atoms with E-state index < -0.39 is 0 Å². The molecule has 21 heavy (non-hydrogen) atoms. The number of pyridine rings is 1. The summed E-state index contributed by atoms with van der Waals surface area (Å²) in [5, 5.41) is 0. The van der Waals surface area contributed by atoms with Crippen LogP contribution in [-0.4, -0.2) is 46.9 Å². The highest BCUT2D eigenvalue weighted by atomic mass is 16.5. The Labute approximate surface area is 123 Å². The molecule has 2 aromatic rings. The molecule has 0 spiro atoms. The van der Waals surface area contributed by atoms with E-state index in [9.17, 15) is 9.59 Å². The van der Waals surface area contributed by atoms with Gasteiger partial charge in [-0.2, -0.15) is 0 Å². The van der Waals surface area contributed by atoms with Crippen LogP contribution >= 0.6 is 0 Å². The maximum Gasteiger partial charge on any atom is 0.305 e. The molecular weight excluding hydrogens is 270 g/mol. The Balaban J connectivity index is 1.86. The van der Waals surface area contributed by atoms with Crippen molar-refractivity contribution >= 4 is 17.5 Å². The van der Waals surface area contributed by atoms with E-state index in [0.717, 1.165) is 11.3 Å². The van der Waals surface area contributed by atoms with Crippen LogP contribution in [0.15, 0.2) is 30.6 Å². The molecule has 6 nitrogen and oxygen atoms in total. The molecule has 2 aromatic heterocycles. The molecule has 2 rings (SSSR count). The van der Waals surface area contributed by atoms with E-state index in [2.05, 4.69) is 9.72 Å². The van der Waals surface area contributed by atoms with E-state index in [0.29, 0.717) is 19.4 Å². The van der Waals surface area contributed by atoms with E-state index in [4.69, 9.17) is 0 Å². The molecule has 0 aliphatic carbocycles. The minimum Gasteiger partial charge on any atom is -0.469 e. The number of imidazole rings is 1. The molecule has 0 aromatic carbocycles. The Kier molecular flexibility index (Phi) is 4.92. The number of carbonyl (C=O) groups is 2. The summed E-state index contributed by atoms with van der Waals surface area (Å²) in [5.41, 5.74) is 1.57. The van der Waals surface area contributed by atoms with Gasteiger partial charge in [0.2, 0.25) is 5.91 Å². The first-order chi connectivity index (χ1) is 10.1. The molecule has 0 aliphatic heterocycles. The van der Waals surface area contributed by atoms with E-state index in [1.807, 2.05) is 35.0 Å². The van der Waals surface area contributed by atoms with Crippen molar-refractivity contribution in [2.45, 2.75) is 19.3 Å². The fourth-order valence-electron chi connectivity index (χ4n) is 2.05. The standard InChI is InChI=1S/C15H19N3O3/c1-17(8-5-7-15(20)21-2)14(19)10-12-11-18-9-4-3-6-13(18)16-12/h3-4,6,9,11H,5,7-8,10H2,1-2H3. The molecule has 0 N–H and O–H groups in total. The van der Waals surface area contributed by atoms with Crippen molar-refractivity contribution in [2.24, 2.45) is 0 Å². The average molecular weight is 289 g/mol. The number of amides is 1. The van der Waals surface area contributed by atoms with Gasteiger partial charge in [0.25, 0.3) is 0 Å². The van der Waals surface area contributed by atoms with Gasteiger partial charge in [-0.1, -0.05) is 6.07 Å². The van der Waals surface area contributed by atoms with Crippen molar-refractivity contribution in [3.05, 3.63) is 36.3 Å². The van der Waals surface area contributed by atoms with Crippen LogP contribution in [-0.2, 0) is 20.7 Å². The van der Waals surface area contributed by atoms with Gasteiger partial charge in [-0.3, -0.25) is 9.59 Å². The van der Waals surface area contributed by atoms with Gasteiger partial charge in [-0.05, 0) is 18.6 Å². The van der Waals surface area contributed by atoms with Crippen molar-refractivity contribution in [1.82, 2.24) is 14.3 Å². The maximum atomic E-state index is 12.1. The molecule has 0 radical (unpaired) electrons. The van der Waals surface area contributed by atoms with Gasteiger partial charge < -0.3 is 14.0 Å². The molecule has 0 unspecified atom stereocenters. The lowest BCUT2D eigenvalue weighted by atomic mass is 10.2. The lowest BCUT2D eigenvalue weighted by molar-refractivity contribution is -0.141. The van der Waals surface area contributed by atoms with E-state index in [1.54, 1.807) is 11.9 Å². The molecule has 6 heteroatoms. The van der Waals surface area contributed by atoms with Crippen LogP contribution in [0.4, 0.5) is 0 Å². The van der Waals surface area contributed by atoms with Crippen molar-refractivity contribution in [3.63, 3.8) is 0 Å². The monoisotopic (exact) mass is 289 g/mol. The van der Waals surface area contributed by atoms with Crippen LogP contribution in [0.25, 0.3) is 5.65 Å². The van der Waals surface area contributed by atoms with Gasteiger partial charge in [-0.15, -0.1) is 0 Å². The van der Waals surface area contributed by atoms with E-state index in [-0.39, 0.29) is 18.3 Å². The second kappa shape index (κ2) is 6.88. The predicted molar refractivity (Wildman–Crippen MR) is 77.8 cm³/mol. The minimum atomic E-state index is -0.254. The maximum absolute atomic E-state index is 12.1. The fourth-order valence-corrected chi connectivity index (χ4v) is 2.05. The SMILES string of the molecule is COC(=O)CCCN(C)C(=O)Cc1cn2ccccc2n1. The number of hydrogen-bond donors (Lipinski definition) is 0. The van der Waals surface area contributed by atoms with Crippen LogP contribution < -0.4 is 0 Å². The van der Waals surface area contributed by atoms with Crippen LogP contribution in [0.5, 0.6) is 0 Å². The lowest BCUT2D eigenvalue weighted by Crippen LogP contribution is -2.29. The van der Waals surface area contributed by atoms with Crippen molar-refractivity contribution in [1.29, 1.82) is 0 Å². The zero-order chi connectivity index (χ0) is 15.2. The smallest absolute Gasteiger partial charge is 0.305 e. The van der Waals surface area contributed by atoms with Crippen LogP contribution in [0.2, 0.25) is 0 Å². The summed E-state index contributed by atoms with van der Waals surface area (Å²) in [6.07, 6.45) is 4.94. The Morgan fingerprint density at radius 1 is 1.38 bits per heavy atom. The molecule has 112 valence electrons. The Morgan fingerprint density at radius 3 is 2.90 bits per heavy atom. The molecular formula is C15H19N3O3. The van der Waals surface area contributed by atoms with Crippen LogP contribution in [0.1, 0.15) is 18.5 Å². The first-order valence-electron chi connectivity index (χ1n) is 6.83. The Bertz CT molecular complexity index is 603. The second-order valence-electron chi connectivity index (χ2n) is 4.87. The predicted octanol–water partition coefficient (Wildman–Crippen LogP) is 1.29. The number of fused-ring (bicyclic) bond motifs is 1. The fraction of sp³-hybridized carbons (Fsp3) is 0.400. The summed E-state index contributed by atoms with van der Waals surface area (Å²) < 4.78 is 6.46. The number of carbonyl (C=O) groups excluding carboxylic acids is 2. The number of aromatic nitrogens is 2. The third kappa shape index (κ3) is 4.05. The normalized spacial score (nSPS) is 10.6. The summed E-state index contributed by atoms with van der Waals surface area (Å²) in [6.45, 7) is 0.529. The van der Waals surface area contributed by atoms with Gasteiger partial charge in [0.1, 0.15) is 5.65 Å². The number of rotatable bonds is 6. The van der Waals surface area contributed by atoms with Gasteiger partial charge in [0, 0.05) is 32.4 Å². The Morgan fingerprint density at radius 2 is 2.19 bits per heavy atom. The van der Waals surface area contributed by atoms with Crippen molar-refractivity contribution < 1.29 is 14.3 Å². The first kappa shape index (κ1) is 15.0. The Hall–Kier alpha value is -2.37. The van der Waals surface area contributed by atoms with Crippen molar-refractivity contribution in [3.8, 4) is 0 Å². The third-order valence-corrected chi connectivity index (χ3v) is 3.27. The number of likely N-dealkylation sites (N-methyl/N-ethyl adjacent to an activating group) is 1. The van der Waals surface area contributed by atoms with E-state index >= 15 is 0 Å². The molecule has 0 aliphatic rings. The molecule has 2 heterocycles. The summed E-state index contributed by atoms with van der Waals surface area (Å²) in [7, 11) is 3.09. The molecule has 1 amide bonds. The summed E-state index contributed by atoms with van der Waals surface area (Å²) in [4.78, 5) is 29.1. The molecule has 0 bridgehead atoms. The third-order valence-electron chi connectivity index (χ3n) is 3.27. The highest BCUT2D eigenvalue weighted by molar-refractivity contribution is 5.78.